The van der Waals surface area contributed by atoms with Gasteiger partial charge in [-0.2, -0.15) is 0 Å². The average molecular weight is 345 g/mol. The van der Waals surface area contributed by atoms with Gasteiger partial charge in [-0.25, -0.2) is 9.37 Å². The average Bonchev–Trinajstić information content (AvgIpc) is 3.03. The van der Waals surface area contributed by atoms with Crippen LogP contribution in [0, 0.1) is 5.82 Å². The SMILES string of the molecule is COc1ccc(-c2cnc(CS(=O)Cc3cccc(F)c3)o2)cc1. The maximum absolute atomic E-state index is 13.2. The zero-order valence-corrected chi connectivity index (χ0v) is 13.9. The van der Waals surface area contributed by atoms with Crippen LogP contribution in [-0.2, 0) is 22.3 Å². The molecule has 0 aliphatic carbocycles. The molecule has 1 heterocycles. The van der Waals surface area contributed by atoms with Crippen molar-refractivity contribution in [2.75, 3.05) is 7.11 Å². The summed E-state index contributed by atoms with van der Waals surface area (Å²) in [6.45, 7) is 0. The van der Waals surface area contributed by atoms with Crippen LogP contribution < -0.4 is 4.74 Å². The highest BCUT2D eigenvalue weighted by Gasteiger charge is 2.11. The lowest BCUT2D eigenvalue weighted by Crippen LogP contribution is -2.00. The molecule has 3 rings (SSSR count). The number of rotatable bonds is 6. The second kappa shape index (κ2) is 7.40. The van der Waals surface area contributed by atoms with Crippen LogP contribution in [0.25, 0.3) is 11.3 Å². The van der Waals surface area contributed by atoms with Gasteiger partial charge in [-0.1, -0.05) is 12.1 Å². The summed E-state index contributed by atoms with van der Waals surface area (Å²) in [6.07, 6.45) is 1.61. The van der Waals surface area contributed by atoms with Gasteiger partial charge < -0.3 is 9.15 Å². The van der Waals surface area contributed by atoms with E-state index < -0.39 is 10.8 Å². The minimum absolute atomic E-state index is 0.187. The normalized spacial score (nSPS) is 12.1. The van der Waals surface area contributed by atoms with Crippen LogP contribution in [0.3, 0.4) is 0 Å². The molecule has 1 atom stereocenters. The molecule has 4 nitrogen and oxygen atoms in total. The van der Waals surface area contributed by atoms with Crippen LogP contribution in [0.15, 0.2) is 59.1 Å². The topological polar surface area (TPSA) is 52.3 Å². The van der Waals surface area contributed by atoms with Crippen molar-refractivity contribution < 1.29 is 17.8 Å². The Bertz CT molecular complexity index is 845. The summed E-state index contributed by atoms with van der Waals surface area (Å²) in [5.41, 5.74) is 1.56. The van der Waals surface area contributed by atoms with E-state index in [1.807, 2.05) is 24.3 Å². The van der Waals surface area contributed by atoms with Crippen molar-refractivity contribution in [3.8, 4) is 17.1 Å². The third-order valence-electron chi connectivity index (χ3n) is 3.43. The Hall–Kier alpha value is -2.47. The number of halogens is 1. The molecule has 0 bridgehead atoms. The highest BCUT2D eigenvalue weighted by molar-refractivity contribution is 7.83. The predicted octanol–water partition coefficient (Wildman–Crippen LogP) is 3.94. The third-order valence-corrected chi connectivity index (χ3v) is 4.65. The molecule has 2 aromatic carbocycles. The maximum atomic E-state index is 13.2. The molecule has 24 heavy (non-hydrogen) atoms. The van der Waals surface area contributed by atoms with Crippen LogP contribution in [-0.4, -0.2) is 16.3 Å². The van der Waals surface area contributed by atoms with Crippen molar-refractivity contribution >= 4 is 10.8 Å². The van der Waals surface area contributed by atoms with Crippen LogP contribution in [0.2, 0.25) is 0 Å². The molecule has 124 valence electrons. The smallest absolute Gasteiger partial charge is 0.207 e. The van der Waals surface area contributed by atoms with E-state index in [0.717, 1.165) is 11.3 Å². The molecule has 0 saturated heterocycles. The molecule has 0 radical (unpaired) electrons. The molecule has 3 aromatic rings. The number of hydrogen-bond donors (Lipinski definition) is 0. The predicted molar refractivity (Wildman–Crippen MR) is 90.4 cm³/mol. The van der Waals surface area contributed by atoms with Gasteiger partial charge >= 0.3 is 0 Å². The number of oxazole rings is 1. The second-order valence-electron chi connectivity index (χ2n) is 5.21. The highest BCUT2D eigenvalue weighted by Crippen LogP contribution is 2.23. The fourth-order valence-electron chi connectivity index (χ4n) is 2.27. The monoisotopic (exact) mass is 345 g/mol. The maximum Gasteiger partial charge on any atom is 0.207 e. The molecule has 1 aromatic heterocycles. The van der Waals surface area contributed by atoms with Gasteiger partial charge in [-0.05, 0) is 42.0 Å². The van der Waals surface area contributed by atoms with Crippen LogP contribution >= 0.6 is 0 Å². The summed E-state index contributed by atoms with van der Waals surface area (Å²) in [5, 5.41) is 0. The van der Waals surface area contributed by atoms with E-state index >= 15 is 0 Å². The van der Waals surface area contributed by atoms with Gasteiger partial charge in [0, 0.05) is 22.1 Å². The first-order chi connectivity index (χ1) is 11.6. The number of hydrogen-bond acceptors (Lipinski definition) is 4. The van der Waals surface area contributed by atoms with Gasteiger partial charge in [0.15, 0.2) is 5.76 Å². The van der Waals surface area contributed by atoms with Crippen LogP contribution in [0.1, 0.15) is 11.5 Å². The quantitative estimate of drug-likeness (QED) is 0.679. The zero-order chi connectivity index (χ0) is 16.9. The van der Waals surface area contributed by atoms with Gasteiger partial charge in [-0.3, -0.25) is 4.21 Å². The Morgan fingerprint density at radius 2 is 1.96 bits per heavy atom. The molecule has 0 aliphatic heterocycles. The Balaban J connectivity index is 1.65. The van der Waals surface area contributed by atoms with Crippen molar-refractivity contribution in [1.82, 2.24) is 4.98 Å². The molecular formula is C18H16FNO3S. The first-order valence-electron chi connectivity index (χ1n) is 7.32. The van der Waals surface area contributed by atoms with Gasteiger partial charge in [0.05, 0.1) is 13.3 Å². The largest absolute Gasteiger partial charge is 0.497 e. The van der Waals surface area contributed by atoms with Crippen molar-refractivity contribution in [3.63, 3.8) is 0 Å². The molecule has 0 spiro atoms. The molecule has 0 amide bonds. The summed E-state index contributed by atoms with van der Waals surface area (Å²) in [7, 11) is 0.385. The minimum atomic E-state index is -1.22. The summed E-state index contributed by atoms with van der Waals surface area (Å²) < 4.78 is 36.1. The molecule has 0 fully saturated rings. The fourth-order valence-corrected chi connectivity index (χ4v) is 3.33. The number of methoxy groups -OCH3 is 1. The van der Waals surface area contributed by atoms with Crippen molar-refractivity contribution in [1.29, 1.82) is 0 Å². The van der Waals surface area contributed by atoms with Crippen molar-refractivity contribution in [3.05, 3.63) is 72.0 Å². The van der Waals surface area contributed by atoms with Gasteiger partial charge in [-0.15, -0.1) is 0 Å². The van der Waals surface area contributed by atoms with E-state index in [1.54, 1.807) is 25.4 Å². The molecular weight excluding hydrogens is 329 g/mol. The van der Waals surface area contributed by atoms with Gasteiger partial charge in [0.1, 0.15) is 17.3 Å². The van der Waals surface area contributed by atoms with E-state index in [9.17, 15) is 8.60 Å². The van der Waals surface area contributed by atoms with Crippen molar-refractivity contribution in [2.24, 2.45) is 0 Å². The minimum Gasteiger partial charge on any atom is -0.497 e. The number of nitrogens with zero attached hydrogens (tertiary/aromatic N) is 1. The van der Waals surface area contributed by atoms with E-state index in [2.05, 4.69) is 4.98 Å². The van der Waals surface area contributed by atoms with E-state index in [0.29, 0.717) is 17.2 Å². The van der Waals surface area contributed by atoms with E-state index in [4.69, 9.17) is 9.15 Å². The van der Waals surface area contributed by atoms with Crippen LogP contribution in [0.4, 0.5) is 4.39 Å². The summed E-state index contributed by atoms with van der Waals surface area (Å²) >= 11 is 0. The first-order valence-corrected chi connectivity index (χ1v) is 8.81. The fraction of sp³-hybridized carbons (Fsp3) is 0.167. The molecule has 0 saturated carbocycles. The molecule has 6 heteroatoms. The lowest BCUT2D eigenvalue weighted by Gasteiger charge is -2.01. The Labute approximate surface area is 141 Å². The van der Waals surface area contributed by atoms with E-state index in [-0.39, 0.29) is 17.3 Å². The zero-order valence-electron chi connectivity index (χ0n) is 13.1. The summed E-state index contributed by atoms with van der Waals surface area (Å²) in [6, 6.07) is 13.5. The highest BCUT2D eigenvalue weighted by atomic mass is 32.2. The van der Waals surface area contributed by atoms with Crippen molar-refractivity contribution in [2.45, 2.75) is 11.5 Å². The summed E-state index contributed by atoms with van der Waals surface area (Å²) in [5.74, 6) is 1.88. The Morgan fingerprint density at radius 1 is 1.17 bits per heavy atom. The van der Waals surface area contributed by atoms with Gasteiger partial charge in [0.2, 0.25) is 5.89 Å². The molecule has 1 unspecified atom stereocenters. The third kappa shape index (κ3) is 4.08. The second-order valence-corrected chi connectivity index (χ2v) is 6.66. The number of benzene rings is 2. The van der Waals surface area contributed by atoms with E-state index in [1.165, 1.54) is 12.1 Å². The Kier molecular flexibility index (Phi) is 5.05. The summed E-state index contributed by atoms with van der Waals surface area (Å²) in [4.78, 5) is 4.17. The standard InChI is InChI=1S/C18H16FNO3S/c1-22-16-7-5-14(6-8-16)17-10-20-18(23-17)12-24(21)11-13-3-2-4-15(19)9-13/h2-10H,11-12H2,1H3. The van der Waals surface area contributed by atoms with Crippen LogP contribution in [0.5, 0.6) is 5.75 Å². The molecule has 0 N–H and O–H groups in total. The Morgan fingerprint density at radius 3 is 2.67 bits per heavy atom. The number of ether oxygens (including phenoxy) is 1. The number of aromatic nitrogens is 1. The lowest BCUT2D eigenvalue weighted by molar-refractivity contribution is 0.415. The van der Waals surface area contributed by atoms with Gasteiger partial charge in [0.25, 0.3) is 0 Å². The molecule has 0 aliphatic rings. The lowest BCUT2D eigenvalue weighted by atomic mass is 10.2. The first kappa shape index (κ1) is 16.4.